The van der Waals surface area contributed by atoms with Gasteiger partial charge in [0.15, 0.2) is 0 Å². The van der Waals surface area contributed by atoms with E-state index < -0.39 is 0 Å². The van der Waals surface area contributed by atoms with Gasteiger partial charge in [-0.3, -0.25) is 4.79 Å². The first-order chi connectivity index (χ1) is 17.9. The fourth-order valence-corrected chi connectivity index (χ4v) is 4.88. The number of fused-ring (bicyclic) bond motifs is 1. The summed E-state index contributed by atoms with van der Waals surface area (Å²) < 4.78 is 8.09. The molecule has 0 unspecified atom stereocenters. The lowest BCUT2D eigenvalue weighted by molar-refractivity contribution is -0.120. The lowest BCUT2D eigenvalue weighted by atomic mass is 9.97. The van der Waals surface area contributed by atoms with Crippen LogP contribution < -0.4 is 20.7 Å². The second-order valence-electron chi connectivity index (χ2n) is 9.65. The van der Waals surface area contributed by atoms with Gasteiger partial charge in [0, 0.05) is 42.0 Å². The molecule has 1 aliphatic heterocycles. The zero-order chi connectivity index (χ0) is 25.9. The van der Waals surface area contributed by atoms with Crippen LogP contribution in [0.15, 0.2) is 54.7 Å². The topological polar surface area (TPSA) is 93.1 Å². The number of halogens is 1. The number of carbonyl (C=O) groups is 1. The Bertz CT molecular complexity index is 1430. The highest BCUT2D eigenvalue weighted by Crippen LogP contribution is 2.31. The van der Waals surface area contributed by atoms with Crippen LogP contribution in [-0.2, 0) is 11.8 Å². The van der Waals surface area contributed by atoms with Crippen LogP contribution in [0.4, 0.5) is 17.5 Å². The minimum absolute atomic E-state index is 0.00212. The van der Waals surface area contributed by atoms with E-state index in [0.717, 1.165) is 59.2 Å². The van der Waals surface area contributed by atoms with E-state index in [1.54, 1.807) is 18.3 Å². The number of ether oxygens (including phenoxy) is 1. The Kier molecular flexibility index (Phi) is 7.30. The number of hydrogen-bond donors (Lipinski definition) is 3. The highest BCUT2D eigenvalue weighted by molar-refractivity contribution is 6.31. The summed E-state index contributed by atoms with van der Waals surface area (Å²) in [4.78, 5) is 21.6. The second kappa shape index (κ2) is 10.8. The van der Waals surface area contributed by atoms with Gasteiger partial charge in [0.1, 0.15) is 17.3 Å². The van der Waals surface area contributed by atoms with Crippen molar-refractivity contribution in [2.75, 3.05) is 23.7 Å². The highest BCUT2D eigenvalue weighted by Gasteiger charge is 2.21. The molecule has 0 radical (unpaired) electrons. The van der Waals surface area contributed by atoms with Crippen LogP contribution in [0.2, 0.25) is 5.02 Å². The Morgan fingerprint density at radius 3 is 2.68 bits per heavy atom. The number of carbonyl (C=O) groups excluding carboxylic acids is 1. The molecule has 1 amide bonds. The summed E-state index contributed by atoms with van der Waals surface area (Å²) in [5.41, 5.74) is 3.79. The fourth-order valence-electron chi connectivity index (χ4n) is 4.54. The number of benzene rings is 2. The van der Waals surface area contributed by atoms with Crippen LogP contribution in [-0.4, -0.2) is 33.5 Å². The molecule has 0 spiro atoms. The van der Waals surface area contributed by atoms with E-state index in [2.05, 4.69) is 40.8 Å². The maximum Gasteiger partial charge on any atom is 0.228 e. The third kappa shape index (κ3) is 5.70. The molecule has 0 saturated carbocycles. The van der Waals surface area contributed by atoms with E-state index in [1.165, 1.54) is 0 Å². The summed E-state index contributed by atoms with van der Waals surface area (Å²) in [5, 5.41) is 10.4. The van der Waals surface area contributed by atoms with E-state index in [0.29, 0.717) is 23.2 Å². The number of nitrogens with zero attached hydrogens (tertiary/aromatic N) is 3. The molecule has 3 N–H and O–H groups in total. The predicted octanol–water partition coefficient (Wildman–Crippen LogP) is 6.22. The number of aryl methyl sites for hydroxylation is 1. The summed E-state index contributed by atoms with van der Waals surface area (Å²) >= 11 is 6.35. The molecule has 9 heteroatoms. The molecule has 2 aromatic carbocycles. The third-order valence-corrected chi connectivity index (χ3v) is 7.00. The van der Waals surface area contributed by atoms with Crippen molar-refractivity contribution < 1.29 is 9.53 Å². The smallest absolute Gasteiger partial charge is 0.228 e. The first-order valence-corrected chi connectivity index (χ1v) is 12.9. The van der Waals surface area contributed by atoms with Crippen molar-refractivity contribution in [1.82, 2.24) is 19.9 Å². The first kappa shape index (κ1) is 25.0. The summed E-state index contributed by atoms with van der Waals surface area (Å²) in [6.45, 7) is 5.96. The van der Waals surface area contributed by atoms with Gasteiger partial charge >= 0.3 is 0 Å². The van der Waals surface area contributed by atoms with Crippen LogP contribution in [0.5, 0.6) is 11.5 Å². The zero-order valence-corrected chi connectivity index (χ0v) is 22.0. The second-order valence-corrected chi connectivity index (χ2v) is 10.1. The third-order valence-electron chi connectivity index (χ3n) is 6.65. The number of nitrogens with one attached hydrogen (secondary N) is 3. The highest BCUT2D eigenvalue weighted by atomic mass is 35.5. The number of amides is 1. The average Bonchev–Trinajstić information content (AvgIpc) is 3.20. The summed E-state index contributed by atoms with van der Waals surface area (Å²) in [7, 11) is 1.97. The summed E-state index contributed by atoms with van der Waals surface area (Å²) in [6.07, 6.45) is 3.30. The molecule has 8 nitrogen and oxygen atoms in total. The van der Waals surface area contributed by atoms with Gasteiger partial charge in [0.2, 0.25) is 11.9 Å². The van der Waals surface area contributed by atoms with Crippen molar-refractivity contribution in [3.8, 4) is 11.5 Å². The molecule has 1 saturated heterocycles. The Morgan fingerprint density at radius 1 is 1.11 bits per heavy atom. The maximum atomic E-state index is 12.6. The number of hydrogen-bond acceptors (Lipinski definition) is 6. The van der Waals surface area contributed by atoms with Crippen LogP contribution in [0, 0.1) is 5.92 Å². The normalized spacial score (nSPS) is 14.2. The standard InChI is InChI=1S/C28H31ClN6O2/c1-17(2)22-14-19(4-6-23(22)29)32-28-33-24-15-20(5-7-25(24)35(28)3)37-21-10-13-31-26(16-21)34-27(36)18-8-11-30-12-9-18/h4-7,10,13-18,30H,8-9,11-12H2,1-3H3,(H,32,33)(H,31,34,36). The number of imidazole rings is 1. The molecule has 1 fully saturated rings. The molecule has 192 valence electrons. The van der Waals surface area contributed by atoms with Gasteiger partial charge < -0.3 is 25.3 Å². The first-order valence-electron chi connectivity index (χ1n) is 12.6. The SMILES string of the molecule is CC(C)c1cc(Nc2nc3cc(Oc4ccnc(NC(=O)C5CCNCC5)c4)ccc3n2C)ccc1Cl. The van der Waals surface area contributed by atoms with Crippen molar-refractivity contribution in [3.05, 3.63) is 65.3 Å². The molecule has 37 heavy (non-hydrogen) atoms. The number of piperidine rings is 1. The Morgan fingerprint density at radius 2 is 1.89 bits per heavy atom. The Labute approximate surface area is 221 Å². The van der Waals surface area contributed by atoms with Crippen molar-refractivity contribution in [3.63, 3.8) is 0 Å². The number of pyridine rings is 1. The van der Waals surface area contributed by atoms with E-state index >= 15 is 0 Å². The predicted molar refractivity (Wildman–Crippen MR) is 148 cm³/mol. The Hall–Kier alpha value is -3.62. The molecule has 2 aromatic heterocycles. The number of rotatable bonds is 7. The van der Waals surface area contributed by atoms with Crippen molar-refractivity contribution >= 4 is 46.0 Å². The van der Waals surface area contributed by atoms with Gasteiger partial charge in [-0.25, -0.2) is 9.97 Å². The van der Waals surface area contributed by atoms with E-state index in [1.807, 2.05) is 41.9 Å². The van der Waals surface area contributed by atoms with Crippen LogP contribution in [0.3, 0.4) is 0 Å². The average molecular weight is 519 g/mol. The van der Waals surface area contributed by atoms with Gasteiger partial charge in [0.25, 0.3) is 0 Å². The van der Waals surface area contributed by atoms with Crippen molar-refractivity contribution in [2.24, 2.45) is 13.0 Å². The number of anilines is 3. The van der Waals surface area contributed by atoms with E-state index in [4.69, 9.17) is 21.3 Å². The molecular formula is C28H31ClN6O2. The van der Waals surface area contributed by atoms with E-state index in [-0.39, 0.29) is 11.8 Å². The monoisotopic (exact) mass is 518 g/mol. The lowest BCUT2D eigenvalue weighted by Gasteiger charge is -2.21. The van der Waals surface area contributed by atoms with Crippen LogP contribution in [0.1, 0.15) is 38.2 Å². The fraction of sp³-hybridized carbons (Fsp3) is 0.321. The Balaban J connectivity index is 1.31. The largest absolute Gasteiger partial charge is 0.457 e. The minimum atomic E-state index is 0.00212. The van der Waals surface area contributed by atoms with Gasteiger partial charge in [-0.2, -0.15) is 0 Å². The van der Waals surface area contributed by atoms with Crippen LogP contribution >= 0.6 is 11.6 Å². The molecule has 0 aliphatic carbocycles. The minimum Gasteiger partial charge on any atom is -0.457 e. The van der Waals surface area contributed by atoms with Gasteiger partial charge in [0.05, 0.1) is 11.0 Å². The van der Waals surface area contributed by atoms with Gasteiger partial charge in [-0.15, -0.1) is 0 Å². The molecule has 0 atom stereocenters. The summed E-state index contributed by atoms with van der Waals surface area (Å²) in [6, 6.07) is 15.2. The molecule has 1 aliphatic rings. The molecule has 5 rings (SSSR count). The van der Waals surface area contributed by atoms with Gasteiger partial charge in [-0.05, 0) is 73.8 Å². The maximum absolute atomic E-state index is 12.6. The molecule has 4 aromatic rings. The van der Waals surface area contributed by atoms with Crippen molar-refractivity contribution in [1.29, 1.82) is 0 Å². The molecule has 3 heterocycles. The van der Waals surface area contributed by atoms with Gasteiger partial charge in [-0.1, -0.05) is 25.4 Å². The number of aromatic nitrogens is 3. The summed E-state index contributed by atoms with van der Waals surface area (Å²) in [5.74, 6) is 2.76. The molecular weight excluding hydrogens is 488 g/mol. The quantitative estimate of drug-likeness (QED) is 0.269. The van der Waals surface area contributed by atoms with Crippen molar-refractivity contribution in [2.45, 2.75) is 32.6 Å². The zero-order valence-electron chi connectivity index (χ0n) is 21.2. The lowest BCUT2D eigenvalue weighted by Crippen LogP contribution is -2.34. The molecule has 0 bridgehead atoms. The van der Waals surface area contributed by atoms with Crippen LogP contribution in [0.25, 0.3) is 11.0 Å². The van der Waals surface area contributed by atoms with E-state index in [9.17, 15) is 4.79 Å².